The molecule has 0 N–H and O–H groups in total. The van der Waals surface area contributed by atoms with E-state index in [1.807, 2.05) is 63.8 Å². The molecule has 2 heterocycles. The van der Waals surface area contributed by atoms with Gasteiger partial charge in [0.1, 0.15) is 0 Å². The maximum absolute atomic E-state index is 14.0. The maximum atomic E-state index is 14.0. The molecular weight excluding hydrogens is 488 g/mol. The van der Waals surface area contributed by atoms with Gasteiger partial charge in [0.15, 0.2) is 0 Å². The largest absolute Gasteiger partial charge is 0.330 e. The number of hydrogen-bond donors (Lipinski definition) is 0. The number of hydrogen-bond acceptors (Lipinski definition) is 4. The SMILES string of the molecule is CCC(C)N(CC(=O)N1CCc2sccc2C1c1ccccc1C)S(=O)(=O)c1c(C)cc(C)cc1C. The Bertz CT molecular complexity index is 1350. The first-order chi connectivity index (χ1) is 17.1. The Labute approximate surface area is 219 Å². The minimum absolute atomic E-state index is 0.161. The van der Waals surface area contributed by atoms with E-state index in [0.717, 1.165) is 28.7 Å². The van der Waals surface area contributed by atoms with E-state index in [-0.39, 0.29) is 24.5 Å². The van der Waals surface area contributed by atoms with Crippen LogP contribution in [0.25, 0.3) is 0 Å². The van der Waals surface area contributed by atoms with Gasteiger partial charge in [-0.15, -0.1) is 11.3 Å². The molecule has 2 aromatic carbocycles. The normalized spacial score (nSPS) is 16.8. The number of fused-ring (bicyclic) bond motifs is 1. The Morgan fingerprint density at radius 2 is 1.72 bits per heavy atom. The van der Waals surface area contributed by atoms with Gasteiger partial charge < -0.3 is 4.90 Å². The van der Waals surface area contributed by atoms with Crippen molar-refractivity contribution in [3.8, 4) is 0 Å². The highest BCUT2D eigenvalue weighted by Gasteiger charge is 2.38. The van der Waals surface area contributed by atoms with Crippen LogP contribution in [-0.4, -0.2) is 42.7 Å². The van der Waals surface area contributed by atoms with Crippen molar-refractivity contribution in [2.75, 3.05) is 13.1 Å². The molecule has 1 aromatic heterocycles. The van der Waals surface area contributed by atoms with E-state index in [0.29, 0.717) is 29.0 Å². The molecule has 1 aliphatic heterocycles. The zero-order valence-electron chi connectivity index (χ0n) is 22.0. The summed E-state index contributed by atoms with van der Waals surface area (Å²) in [6.07, 6.45) is 1.40. The topological polar surface area (TPSA) is 57.7 Å². The van der Waals surface area contributed by atoms with Crippen molar-refractivity contribution in [1.29, 1.82) is 0 Å². The number of thiophene rings is 1. The van der Waals surface area contributed by atoms with Gasteiger partial charge in [-0.3, -0.25) is 4.79 Å². The molecule has 2 atom stereocenters. The summed E-state index contributed by atoms with van der Waals surface area (Å²) < 4.78 is 29.5. The standard InChI is InChI=1S/C29H36N2O3S2/c1-7-23(6)31(36(33,34)29-21(4)16-19(2)17-22(29)5)18-27(32)30-14-12-26-25(13-15-35-26)28(30)24-11-9-8-10-20(24)3/h8-11,13,15-17,23,28H,7,12,14,18H2,1-6H3. The van der Waals surface area contributed by atoms with Gasteiger partial charge in [-0.2, -0.15) is 4.31 Å². The van der Waals surface area contributed by atoms with Crippen LogP contribution in [0.4, 0.5) is 0 Å². The molecule has 0 saturated heterocycles. The minimum Gasteiger partial charge on any atom is -0.330 e. The summed E-state index contributed by atoms with van der Waals surface area (Å²) in [6.45, 7) is 11.9. The van der Waals surface area contributed by atoms with Crippen LogP contribution in [0.2, 0.25) is 0 Å². The minimum atomic E-state index is -3.88. The molecule has 0 spiro atoms. The van der Waals surface area contributed by atoms with Crippen molar-refractivity contribution < 1.29 is 13.2 Å². The lowest BCUT2D eigenvalue weighted by Crippen LogP contribution is -2.49. The third-order valence-corrected chi connectivity index (χ3v) is 10.6. The first-order valence-electron chi connectivity index (χ1n) is 12.6. The zero-order chi connectivity index (χ0) is 26.2. The van der Waals surface area contributed by atoms with E-state index in [9.17, 15) is 13.2 Å². The summed E-state index contributed by atoms with van der Waals surface area (Å²) in [4.78, 5) is 17.5. The number of nitrogens with zero attached hydrogens (tertiary/aromatic N) is 2. The second kappa shape index (κ2) is 10.5. The molecule has 1 amide bonds. The molecule has 0 fully saturated rings. The van der Waals surface area contributed by atoms with Crippen molar-refractivity contribution >= 4 is 27.3 Å². The number of rotatable bonds is 7. The molecule has 3 aromatic rings. The Balaban J connectivity index is 1.74. The number of sulfonamides is 1. The molecule has 192 valence electrons. The molecule has 4 rings (SSSR count). The molecule has 0 saturated carbocycles. The lowest BCUT2D eigenvalue weighted by atomic mass is 9.90. The quantitative estimate of drug-likeness (QED) is 0.384. The van der Waals surface area contributed by atoms with Crippen LogP contribution in [0.15, 0.2) is 52.7 Å². The third kappa shape index (κ3) is 4.89. The second-order valence-electron chi connectivity index (χ2n) is 9.93. The molecule has 0 aliphatic carbocycles. The number of carbonyl (C=O) groups is 1. The Morgan fingerprint density at radius 3 is 2.36 bits per heavy atom. The molecule has 0 radical (unpaired) electrons. The van der Waals surface area contributed by atoms with E-state index in [2.05, 4.69) is 30.5 Å². The van der Waals surface area contributed by atoms with E-state index in [1.54, 1.807) is 11.3 Å². The smallest absolute Gasteiger partial charge is 0.244 e. The molecular formula is C29H36N2O3S2. The first kappa shape index (κ1) is 26.6. The average molecular weight is 525 g/mol. The molecule has 1 aliphatic rings. The summed E-state index contributed by atoms with van der Waals surface area (Å²) in [5.74, 6) is -0.161. The van der Waals surface area contributed by atoms with Crippen LogP contribution >= 0.6 is 11.3 Å². The number of carbonyl (C=O) groups excluding carboxylic acids is 1. The van der Waals surface area contributed by atoms with Gasteiger partial charge in [0.05, 0.1) is 17.5 Å². The summed E-state index contributed by atoms with van der Waals surface area (Å²) in [6, 6.07) is 13.5. The van der Waals surface area contributed by atoms with Crippen LogP contribution in [0.3, 0.4) is 0 Å². The fourth-order valence-corrected chi connectivity index (χ4v) is 8.38. The summed E-state index contributed by atoms with van der Waals surface area (Å²) >= 11 is 1.73. The van der Waals surface area contributed by atoms with E-state index < -0.39 is 10.0 Å². The Morgan fingerprint density at radius 1 is 1.06 bits per heavy atom. The van der Waals surface area contributed by atoms with E-state index >= 15 is 0 Å². The number of benzene rings is 2. The fourth-order valence-electron chi connectivity index (χ4n) is 5.41. The molecule has 36 heavy (non-hydrogen) atoms. The van der Waals surface area contributed by atoms with Crippen molar-refractivity contribution in [2.24, 2.45) is 0 Å². The van der Waals surface area contributed by atoms with E-state index in [4.69, 9.17) is 0 Å². The highest BCUT2D eigenvalue weighted by molar-refractivity contribution is 7.89. The lowest BCUT2D eigenvalue weighted by molar-refractivity contribution is -0.133. The van der Waals surface area contributed by atoms with Crippen LogP contribution in [0.1, 0.15) is 64.6 Å². The summed E-state index contributed by atoms with van der Waals surface area (Å²) in [5, 5.41) is 2.09. The predicted molar refractivity (Wildman–Crippen MR) is 147 cm³/mol. The lowest BCUT2D eigenvalue weighted by Gasteiger charge is -2.39. The maximum Gasteiger partial charge on any atom is 0.244 e. The van der Waals surface area contributed by atoms with Gasteiger partial charge in [0, 0.05) is 17.5 Å². The Kier molecular flexibility index (Phi) is 7.74. The monoisotopic (exact) mass is 524 g/mol. The second-order valence-corrected chi connectivity index (χ2v) is 12.8. The first-order valence-corrected chi connectivity index (χ1v) is 14.9. The van der Waals surface area contributed by atoms with Gasteiger partial charge in [-0.25, -0.2) is 8.42 Å². The van der Waals surface area contributed by atoms with Crippen molar-refractivity contribution in [3.63, 3.8) is 0 Å². The molecule has 2 unspecified atom stereocenters. The highest BCUT2D eigenvalue weighted by Crippen LogP contribution is 2.39. The van der Waals surface area contributed by atoms with Crippen molar-refractivity contribution in [3.05, 3.63) is 86.1 Å². The van der Waals surface area contributed by atoms with Crippen LogP contribution in [-0.2, 0) is 21.2 Å². The number of aryl methyl sites for hydroxylation is 4. The van der Waals surface area contributed by atoms with Gasteiger partial charge in [-0.05, 0) is 86.7 Å². The van der Waals surface area contributed by atoms with Gasteiger partial charge in [-0.1, -0.05) is 48.9 Å². The molecule has 0 bridgehead atoms. The molecule has 5 nitrogen and oxygen atoms in total. The highest BCUT2D eigenvalue weighted by atomic mass is 32.2. The Hall–Kier alpha value is -2.48. The van der Waals surface area contributed by atoms with Crippen LogP contribution in [0.5, 0.6) is 0 Å². The summed E-state index contributed by atoms with van der Waals surface area (Å²) in [7, 11) is -3.88. The summed E-state index contributed by atoms with van der Waals surface area (Å²) in [5.41, 5.74) is 5.82. The third-order valence-electron chi connectivity index (χ3n) is 7.31. The van der Waals surface area contributed by atoms with Gasteiger partial charge >= 0.3 is 0 Å². The van der Waals surface area contributed by atoms with E-state index in [1.165, 1.54) is 9.18 Å². The fraction of sp³-hybridized carbons (Fsp3) is 0.414. The van der Waals surface area contributed by atoms with Crippen molar-refractivity contribution in [1.82, 2.24) is 9.21 Å². The predicted octanol–water partition coefficient (Wildman–Crippen LogP) is 5.95. The van der Waals surface area contributed by atoms with Crippen LogP contribution < -0.4 is 0 Å². The number of amides is 1. The average Bonchev–Trinajstić information content (AvgIpc) is 3.30. The van der Waals surface area contributed by atoms with Gasteiger partial charge in [0.2, 0.25) is 15.9 Å². The van der Waals surface area contributed by atoms with Gasteiger partial charge in [0.25, 0.3) is 0 Å². The van der Waals surface area contributed by atoms with Crippen molar-refractivity contribution in [2.45, 2.75) is 71.4 Å². The molecule has 7 heteroatoms. The van der Waals surface area contributed by atoms with Crippen LogP contribution in [0, 0.1) is 27.7 Å². The zero-order valence-corrected chi connectivity index (χ0v) is 23.7.